The van der Waals surface area contributed by atoms with E-state index in [-0.39, 0.29) is 29.8 Å². The number of hydrogen-bond donors (Lipinski definition) is 2. The van der Waals surface area contributed by atoms with Crippen molar-refractivity contribution in [1.82, 2.24) is 5.32 Å². The Hall–Kier alpha value is -1.78. The van der Waals surface area contributed by atoms with Crippen LogP contribution in [0.3, 0.4) is 0 Å². The minimum atomic E-state index is -0.549. The number of aliphatic hydroxyl groups is 1. The van der Waals surface area contributed by atoms with Crippen LogP contribution in [0.5, 0.6) is 0 Å². The van der Waals surface area contributed by atoms with E-state index in [1.54, 1.807) is 0 Å². The van der Waals surface area contributed by atoms with Crippen molar-refractivity contribution in [2.24, 2.45) is 16.7 Å². The van der Waals surface area contributed by atoms with Crippen molar-refractivity contribution in [1.29, 1.82) is 0 Å². The summed E-state index contributed by atoms with van der Waals surface area (Å²) in [6.07, 6.45) is 5.24. The van der Waals surface area contributed by atoms with Crippen LogP contribution in [0.15, 0.2) is 24.5 Å². The number of ether oxygens (including phenoxy) is 1. The smallest absolute Gasteiger partial charge is 0.407 e. The second-order valence-corrected chi connectivity index (χ2v) is 7.46. The summed E-state index contributed by atoms with van der Waals surface area (Å²) in [4.78, 5) is 24.5. The average Bonchev–Trinajstić information content (AvgIpc) is 2.50. The Morgan fingerprint density at radius 3 is 2.74 bits per heavy atom. The summed E-state index contributed by atoms with van der Waals surface area (Å²) in [6.45, 7) is 9.69. The van der Waals surface area contributed by atoms with Gasteiger partial charge >= 0.3 is 6.09 Å². The maximum Gasteiger partial charge on any atom is 0.407 e. The van der Waals surface area contributed by atoms with Gasteiger partial charge < -0.3 is 15.2 Å². The second kappa shape index (κ2) is 6.38. The van der Waals surface area contributed by atoms with Crippen molar-refractivity contribution in [2.75, 3.05) is 6.61 Å². The van der Waals surface area contributed by atoms with E-state index in [0.29, 0.717) is 12.0 Å². The monoisotopic (exact) mass is 321 g/mol. The Balaban J connectivity index is 2.28. The van der Waals surface area contributed by atoms with Gasteiger partial charge in [0.15, 0.2) is 5.78 Å². The molecule has 0 spiro atoms. The van der Waals surface area contributed by atoms with E-state index in [0.717, 1.165) is 25.5 Å². The van der Waals surface area contributed by atoms with Crippen molar-refractivity contribution in [3.8, 4) is 0 Å². The fourth-order valence-corrected chi connectivity index (χ4v) is 4.58. The molecule has 0 radical (unpaired) electrons. The van der Waals surface area contributed by atoms with Crippen LogP contribution in [0, 0.1) is 16.7 Å². The number of aliphatic hydroxyl groups excluding tert-OH is 1. The summed E-state index contributed by atoms with van der Waals surface area (Å²) in [5, 5.41) is 12.4. The molecule has 0 aromatic carbocycles. The molecule has 2 fully saturated rings. The Labute approximate surface area is 137 Å². The Bertz CT molecular complexity index is 537. The molecule has 1 amide bonds. The molecule has 0 saturated heterocycles. The van der Waals surface area contributed by atoms with Crippen molar-refractivity contribution >= 4 is 11.9 Å². The third-order valence-corrected chi connectivity index (χ3v) is 5.68. The van der Waals surface area contributed by atoms with Gasteiger partial charge in [-0.15, -0.1) is 0 Å². The third-order valence-electron chi connectivity index (χ3n) is 5.68. The fourth-order valence-electron chi connectivity index (χ4n) is 4.58. The van der Waals surface area contributed by atoms with E-state index in [4.69, 9.17) is 4.74 Å². The number of carbonyl (C=O) groups excluding carboxylic acids is 2. The molecule has 5 nitrogen and oxygen atoms in total. The highest BCUT2D eigenvalue weighted by molar-refractivity contribution is 6.00. The summed E-state index contributed by atoms with van der Waals surface area (Å²) in [5.41, 5.74) is -0.383. The molecule has 2 aliphatic rings. The van der Waals surface area contributed by atoms with Crippen molar-refractivity contribution < 1.29 is 19.4 Å². The molecule has 2 saturated carbocycles. The van der Waals surface area contributed by atoms with Gasteiger partial charge in [0.2, 0.25) is 0 Å². The van der Waals surface area contributed by atoms with E-state index in [2.05, 4.69) is 18.8 Å². The molecule has 2 N–H and O–H groups in total. The van der Waals surface area contributed by atoms with Crippen molar-refractivity contribution in [3.05, 3.63) is 24.5 Å². The molecular formula is C18H27NO4. The molecule has 0 aromatic rings. The van der Waals surface area contributed by atoms with Crippen molar-refractivity contribution in [2.45, 2.75) is 52.5 Å². The minimum absolute atomic E-state index is 0.0114. The van der Waals surface area contributed by atoms with Crippen LogP contribution in [-0.2, 0) is 9.53 Å². The zero-order chi connectivity index (χ0) is 17.3. The number of Topliss-reactive ketones (excluding diaryl/α,β-unsaturated/α-hetero) is 1. The second-order valence-electron chi connectivity index (χ2n) is 7.46. The van der Waals surface area contributed by atoms with E-state index in [1.165, 1.54) is 6.08 Å². The van der Waals surface area contributed by atoms with Gasteiger partial charge in [0.1, 0.15) is 6.61 Å². The SMILES string of the molecule is C=CCOC(=O)NC1CCC[C@H]2C(C)(C)C(=O)/C(=C\O)C[C@]12C. The largest absolute Gasteiger partial charge is 0.515 e. The van der Waals surface area contributed by atoms with Gasteiger partial charge in [0.25, 0.3) is 0 Å². The first-order valence-corrected chi connectivity index (χ1v) is 8.19. The molecule has 3 atom stereocenters. The van der Waals surface area contributed by atoms with Gasteiger partial charge in [-0.1, -0.05) is 39.8 Å². The molecule has 5 heteroatoms. The topological polar surface area (TPSA) is 75.6 Å². The molecule has 0 heterocycles. The van der Waals surface area contributed by atoms with Crippen molar-refractivity contribution in [3.63, 3.8) is 0 Å². The number of alkyl carbamates (subject to hydrolysis) is 1. The molecule has 2 rings (SSSR count). The predicted molar refractivity (Wildman–Crippen MR) is 88.0 cm³/mol. The maximum absolute atomic E-state index is 12.6. The summed E-state index contributed by atoms with van der Waals surface area (Å²) in [7, 11) is 0. The Morgan fingerprint density at radius 1 is 1.43 bits per heavy atom. The lowest BCUT2D eigenvalue weighted by atomic mass is 9.49. The maximum atomic E-state index is 12.6. The number of allylic oxidation sites excluding steroid dienone is 1. The van der Waals surface area contributed by atoms with Gasteiger partial charge in [-0.05, 0) is 30.6 Å². The van der Waals surface area contributed by atoms with Gasteiger partial charge in [0.05, 0.1) is 6.26 Å². The number of amides is 1. The molecule has 0 bridgehead atoms. The molecule has 2 aliphatic carbocycles. The normalized spacial score (nSPS) is 34.6. The summed E-state index contributed by atoms with van der Waals surface area (Å²) in [6, 6.07) is -0.0825. The lowest BCUT2D eigenvalue weighted by molar-refractivity contribution is -0.137. The first-order chi connectivity index (χ1) is 10.8. The highest BCUT2D eigenvalue weighted by atomic mass is 16.5. The standard InChI is InChI=1S/C18H27NO4/c1-5-9-23-16(22)19-14-8-6-7-13-17(2,3)15(21)12(11-20)10-18(13,14)4/h5,11,13-14,20H,1,6-10H2,2-4H3,(H,19,22)/b12-11-/t13-,14?,18-/m0/s1. The minimum Gasteiger partial charge on any atom is -0.515 e. The van der Waals surface area contributed by atoms with Gasteiger partial charge in [-0.25, -0.2) is 4.79 Å². The lowest BCUT2D eigenvalue weighted by Gasteiger charge is -2.56. The van der Waals surface area contributed by atoms with Gasteiger partial charge in [0, 0.05) is 17.0 Å². The van der Waals surface area contributed by atoms with Crippen LogP contribution in [0.2, 0.25) is 0 Å². The highest BCUT2D eigenvalue weighted by Gasteiger charge is 2.57. The highest BCUT2D eigenvalue weighted by Crippen LogP contribution is 2.57. The molecule has 1 unspecified atom stereocenters. The van der Waals surface area contributed by atoms with Crippen LogP contribution in [0.4, 0.5) is 4.79 Å². The summed E-state index contributed by atoms with van der Waals surface area (Å²) < 4.78 is 5.05. The Morgan fingerprint density at radius 2 is 2.13 bits per heavy atom. The fraction of sp³-hybridized carbons (Fsp3) is 0.667. The zero-order valence-electron chi connectivity index (χ0n) is 14.2. The molecule has 23 heavy (non-hydrogen) atoms. The molecule has 0 aliphatic heterocycles. The lowest BCUT2D eigenvalue weighted by Crippen LogP contribution is -2.60. The van der Waals surface area contributed by atoms with E-state index in [1.807, 2.05) is 13.8 Å². The molecule has 128 valence electrons. The first kappa shape index (κ1) is 17.6. The van der Waals surface area contributed by atoms with Crippen LogP contribution >= 0.6 is 0 Å². The van der Waals surface area contributed by atoms with E-state index < -0.39 is 11.5 Å². The van der Waals surface area contributed by atoms with Crippen LogP contribution in [0.1, 0.15) is 46.5 Å². The van der Waals surface area contributed by atoms with Gasteiger partial charge in [-0.2, -0.15) is 0 Å². The molecular weight excluding hydrogens is 294 g/mol. The van der Waals surface area contributed by atoms with Crippen LogP contribution < -0.4 is 5.32 Å². The average molecular weight is 321 g/mol. The summed E-state index contributed by atoms with van der Waals surface area (Å²) >= 11 is 0. The first-order valence-electron chi connectivity index (χ1n) is 8.19. The third kappa shape index (κ3) is 3.01. The zero-order valence-corrected chi connectivity index (χ0v) is 14.2. The molecule has 0 aromatic heterocycles. The number of ketones is 1. The summed E-state index contributed by atoms with van der Waals surface area (Å²) in [5.74, 6) is 0.169. The quantitative estimate of drug-likeness (QED) is 0.474. The number of hydrogen-bond acceptors (Lipinski definition) is 4. The number of fused-ring (bicyclic) bond motifs is 1. The van der Waals surface area contributed by atoms with Crippen LogP contribution in [-0.4, -0.2) is 29.6 Å². The number of carbonyl (C=O) groups is 2. The Kier molecular flexibility index (Phi) is 4.87. The van der Waals surface area contributed by atoms with E-state index in [9.17, 15) is 14.7 Å². The number of rotatable bonds is 3. The van der Waals surface area contributed by atoms with Gasteiger partial charge in [-0.3, -0.25) is 4.79 Å². The predicted octanol–water partition coefficient (Wildman–Crippen LogP) is 3.51. The number of nitrogens with one attached hydrogen (secondary N) is 1. The van der Waals surface area contributed by atoms with E-state index >= 15 is 0 Å². The van der Waals surface area contributed by atoms with Crippen LogP contribution in [0.25, 0.3) is 0 Å².